The van der Waals surface area contributed by atoms with E-state index in [1.807, 2.05) is 37.4 Å². The van der Waals surface area contributed by atoms with E-state index in [4.69, 9.17) is 4.74 Å². The first-order valence-electron chi connectivity index (χ1n) is 8.04. The van der Waals surface area contributed by atoms with Crippen molar-refractivity contribution in [3.63, 3.8) is 0 Å². The number of ether oxygens (including phenoxy) is 1. The molecule has 0 fully saturated rings. The standard InChI is InChI=1S/C18H22N2O4/c1-3-6-17(24-13(2)22)18(23)20(12-21)10-9-14-11-19-16-8-5-4-7-15(14)16/h4-5,7-8,11-12,17,19H,3,6,9-10H2,1-2H3. The van der Waals surface area contributed by atoms with Gasteiger partial charge >= 0.3 is 5.97 Å². The van der Waals surface area contributed by atoms with Gasteiger partial charge in [0.15, 0.2) is 6.10 Å². The number of H-pyrrole nitrogens is 1. The normalized spacial score (nSPS) is 11.9. The van der Waals surface area contributed by atoms with Gasteiger partial charge in [-0.3, -0.25) is 19.3 Å². The Labute approximate surface area is 140 Å². The van der Waals surface area contributed by atoms with Gasteiger partial charge in [-0.25, -0.2) is 0 Å². The van der Waals surface area contributed by atoms with Crippen LogP contribution in [-0.2, 0) is 25.5 Å². The summed E-state index contributed by atoms with van der Waals surface area (Å²) in [5, 5.41) is 1.07. The summed E-state index contributed by atoms with van der Waals surface area (Å²) >= 11 is 0. The number of aromatic amines is 1. The van der Waals surface area contributed by atoms with Crippen LogP contribution < -0.4 is 0 Å². The molecule has 2 aromatic rings. The average Bonchev–Trinajstić information content (AvgIpc) is 2.98. The second-order valence-electron chi connectivity index (χ2n) is 5.63. The lowest BCUT2D eigenvalue weighted by Crippen LogP contribution is -2.41. The van der Waals surface area contributed by atoms with Gasteiger partial charge in [-0.1, -0.05) is 31.5 Å². The lowest BCUT2D eigenvalue weighted by atomic mass is 10.1. The molecule has 0 aliphatic heterocycles. The van der Waals surface area contributed by atoms with Gasteiger partial charge in [0.2, 0.25) is 6.41 Å². The van der Waals surface area contributed by atoms with Gasteiger partial charge in [0, 0.05) is 30.6 Å². The summed E-state index contributed by atoms with van der Waals surface area (Å²) in [5.74, 6) is -0.994. The Morgan fingerprint density at radius 3 is 2.75 bits per heavy atom. The number of nitrogens with zero attached hydrogens (tertiary/aromatic N) is 1. The van der Waals surface area contributed by atoms with Crippen LogP contribution in [0.25, 0.3) is 10.9 Å². The van der Waals surface area contributed by atoms with Crippen molar-refractivity contribution < 1.29 is 19.1 Å². The fourth-order valence-electron chi connectivity index (χ4n) is 2.67. The Hall–Kier alpha value is -2.63. The molecule has 0 aliphatic rings. The fourth-order valence-corrected chi connectivity index (χ4v) is 2.67. The number of aromatic nitrogens is 1. The number of esters is 1. The smallest absolute Gasteiger partial charge is 0.303 e. The van der Waals surface area contributed by atoms with E-state index in [0.717, 1.165) is 21.4 Å². The second-order valence-corrected chi connectivity index (χ2v) is 5.63. The number of imide groups is 1. The highest BCUT2D eigenvalue weighted by atomic mass is 16.5. The third-order valence-electron chi connectivity index (χ3n) is 3.84. The Balaban J connectivity index is 2.06. The molecule has 1 unspecified atom stereocenters. The molecule has 6 nitrogen and oxygen atoms in total. The first-order valence-corrected chi connectivity index (χ1v) is 8.04. The van der Waals surface area contributed by atoms with Crippen LogP contribution in [0.1, 0.15) is 32.3 Å². The summed E-state index contributed by atoms with van der Waals surface area (Å²) in [6, 6.07) is 7.85. The van der Waals surface area contributed by atoms with Gasteiger partial charge in [0.05, 0.1) is 0 Å². The van der Waals surface area contributed by atoms with Gasteiger partial charge in [0.25, 0.3) is 5.91 Å². The zero-order valence-electron chi connectivity index (χ0n) is 14.0. The maximum absolute atomic E-state index is 12.4. The van der Waals surface area contributed by atoms with E-state index in [9.17, 15) is 14.4 Å². The number of fused-ring (bicyclic) bond motifs is 1. The van der Waals surface area contributed by atoms with Gasteiger partial charge in [-0.05, 0) is 24.5 Å². The lowest BCUT2D eigenvalue weighted by molar-refractivity contribution is -0.160. The third-order valence-corrected chi connectivity index (χ3v) is 3.84. The van der Waals surface area contributed by atoms with Crippen LogP contribution in [0.3, 0.4) is 0 Å². The molecule has 2 rings (SSSR count). The zero-order chi connectivity index (χ0) is 17.5. The molecule has 1 N–H and O–H groups in total. The summed E-state index contributed by atoms with van der Waals surface area (Å²) in [5.41, 5.74) is 2.05. The van der Waals surface area contributed by atoms with Crippen LogP contribution in [0, 0.1) is 0 Å². The summed E-state index contributed by atoms with van der Waals surface area (Å²) in [6.07, 6.45) is 3.10. The Morgan fingerprint density at radius 2 is 2.08 bits per heavy atom. The Kier molecular flexibility index (Phi) is 6.12. The van der Waals surface area contributed by atoms with Crippen LogP contribution >= 0.6 is 0 Å². The van der Waals surface area contributed by atoms with Gasteiger partial charge < -0.3 is 9.72 Å². The number of benzene rings is 1. The van der Waals surface area contributed by atoms with Gasteiger partial charge in [0.1, 0.15) is 0 Å². The van der Waals surface area contributed by atoms with Crippen molar-refractivity contribution in [2.75, 3.05) is 6.54 Å². The van der Waals surface area contributed by atoms with Gasteiger partial charge in [-0.15, -0.1) is 0 Å². The van der Waals surface area contributed by atoms with Crippen molar-refractivity contribution >= 4 is 29.2 Å². The quantitative estimate of drug-likeness (QED) is 0.595. The van der Waals surface area contributed by atoms with Crippen molar-refractivity contribution in [2.24, 2.45) is 0 Å². The zero-order valence-corrected chi connectivity index (χ0v) is 14.0. The predicted octanol–water partition coefficient (Wildman–Crippen LogP) is 2.43. The maximum atomic E-state index is 12.4. The molecular formula is C18H22N2O4. The Bertz CT molecular complexity index is 723. The third kappa shape index (κ3) is 4.22. The molecule has 0 saturated heterocycles. The molecule has 24 heavy (non-hydrogen) atoms. The first-order chi connectivity index (χ1) is 11.6. The van der Waals surface area contributed by atoms with Crippen LogP contribution in [0.15, 0.2) is 30.5 Å². The number of para-hydroxylation sites is 1. The minimum Gasteiger partial charge on any atom is -0.452 e. The topological polar surface area (TPSA) is 79.5 Å². The summed E-state index contributed by atoms with van der Waals surface area (Å²) in [7, 11) is 0. The Morgan fingerprint density at radius 1 is 1.33 bits per heavy atom. The van der Waals surface area contributed by atoms with Crippen molar-refractivity contribution in [2.45, 2.75) is 39.2 Å². The molecule has 0 aliphatic carbocycles. The van der Waals surface area contributed by atoms with E-state index < -0.39 is 18.0 Å². The van der Waals surface area contributed by atoms with E-state index in [1.165, 1.54) is 6.92 Å². The highest BCUT2D eigenvalue weighted by Crippen LogP contribution is 2.18. The number of hydrogen-bond donors (Lipinski definition) is 1. The number of carbonyl (C=O) groups excluding carboxylic acids is 3. The van der Waals surface area contributed by atoms with E-state index in [1.54, 1.807) is 0 Å². The van der Waals surface area contributed by atoms with Crippen LogP contribution in [0.2, 0.25) is 0 Å². The molecule has 1 aromatic carbocycles. The predicted molar refractivity (Wildman–Crippen MR) is 90.2 cm³/mol. The van der Waals surface area contributed by atoms with E-state index >= 15 is 0 Å². The minimum atomic E-state index is -0.902. The molecule has 0 saturated carbocycles. The van der Waals surface area contributed by atoms with Gasteiger partial charge in [-0.2, -0.15) is 0 Å². The van der Waals surface area contributed by atoms with Crippen molar-refractivity contribution in [3.8, 4) is 0 Å². The van der Waals surface area contributed by atoms with E-state index in [2.05, 4.69) is 4.98 Å². The first kappa shape index (κ1) is 17.7. The van der Waals surface area contributed by atoms with E-state index in [-0.39, 0.29) is 6.54 Å². The molecule has 0 spiro atoms. The number of amides is 2. The fraction of sp³-hybridized carbons (Fsp3) is 0.389. The van der Waals surface area contributed by atoms with Crippen LogP contribution in [0.5, 0.6) is 0 Å². The highest BCUT2D eigenvalue weighted by molar-refractivity contribution is 5.91. The maximum Gasteiger partial charge on any atom is 0.303 e. The molecule has 1 aromatic heterocycles. The number of carbonyl (C=O) groups is 3. The second kappa shape index (κ2) is 8.29. The largest absolute Gasteiger partial charge is 0.452 e. The molecule has 1 heterocycles. The van der Waals surface area contributed by atoms with Crippen LogP contribution in [-0.4, -0.2) is 40.8 Å². The number of hydrogen-bond acceptors (Lipinski definition) is 4. The summed E-state index contributed by atoms with van der Waals surface area (Å²) in [4.78, 5) is 39.2. The molecule has 0 bridgehead atoms. The van der Waals surface area contributed by atoms with Crippen molar-refractivity contribution in [3.05, 3.63) is 36.0 Å². The number of rotatable bonds is 8. The average molecular weight is 330 g/mol. The molecular weight excluding hydrogens is 308 g/mol. The lowest BCUT2D eigenvalue weighted by Gasteiger charge is -2.22. The molecule has 128 valence electrons. The minimum absolute atomic E-state index is 0.242. The molecule has 6 heteroatoms. The van der Waals surface area contributed by atoms with Crippen LogP contribution in [0.4, 0.5) is 0 Å². The molecule has 0 radical (unpaired) electrons. The monoisotopic (exact) mass is 330 g/mol. The highest BCUT2D eigenvalue weighted by Gasteiger charge is 2.26. The van der Waals surface area contributed by atoms with Crippen molar-refractivity contribution in [1.82, 2.24) is 9.88 Å². The summed E-state index contributed by atoms with van der Waals surface area (Å²) in [6.45, 7) is 3.39. The SMILES string of the molecule is CCCC(OC(C)=O)C(=O)N(C=O)CCc1c[nH]c2ccccc12. The van der Waals surface area contributed by atoms with Crippen molar-refractivity contribution in [1.29, 1.82) is 0 Å². The number of nitrogens with one attached hydrogen (secondary N) is 1. The van der Waals surface area contributed by atoms with E-state index in [0.29, 0.717) is 25.7 Å². The molecule has 2 amide bonds. The molecule has 1 atom stereocenters. The summed E-state index contributed by atoms with van der Waals surface area (Å²) < 4.78 is 5.05.